The number of benzene rings is 2. The van der Waals surface area contributed by atoms with E-state index in [1.54, 1.807) is 6.20 Å². The van der Waals surface area contributed by atoms with E-state index in [-0.39, 0.29) is 22.5 Å². The molecule has 0 unspecified atom stereocenters. The van der Waals surface area contributed by atoms with E-state index in [1.165, 1.54) is 16.7 Å². The Labute approximate surface area is 188 Å². The molecule has 172 valence electrons. The molecule has 0 bridgehead atoms. The average molecular weight is 466 g/mol. The largest absolute Gasteiger partial charge is 0.396 e. The quantitative estimate of drug-likeness (QED) is 0.377. The van der Waals surface area contributed by atoms with Crippen LogP contribution in [0.3, 0.4) is 0 Å². The van der Waals surface area contributed by atoms with Crippen LogP contribution in [0.1, 0.15) is 22.9 Å². The molecule has 32 heavy (non-hydrogen) atoms. The van der Waals surface area contributed by atoms with E-state index in [0.29, 0.717) is 18.4 Å². The van der Waals surface area contributed by atoms with Gasteiger partial charge in [-0.25, -0.2) is 4.39 Å². The van der Waals surface area contributed by atoms with Gasteiger partial charge in [0, 0.05) is 18.2 Å². The van der Waals surface area contributed by atoms with Crippen molar-refractivity contribution in [3.05, 3.63) is 70.1 Å². The lowest BCUT2D eigenvalue weighted by Crippen LogP contribution is -2.56. The molecular weight excluding hydrogens is 441 g/mol. The monoisotopic (exact) mass is 465 g/mol. The van der Waals surface area contributed by atoms with Gasteiger partial charge in [0.1, 0.15) is 30.2 Å². The van der Waals surface area contributed by atoms with Crippen LogP contribution in [-0.4, -0.2) is 67.7 Å². The minimum Gasteiger partial charge on any atom is -0.396 e. The number of halogens is 2. The second-order valence-corrected chi connectivity index (χ2v) is 8.41. The third-order valence-electron chi connectivity index (χ3n) is 5.91. The summed E-state index contributed by atoms with van der Waals surface area (Å²) in [5.74, 6) is -0.500. The molecule has 0 saturated carbocycles. The first-order valence-electron chi connectivity index (χ1n) is 10.3. The summed E-state index contributed by atoms with van der Waals surface area (Å²) in [5, 5.41) is 50.0. The SMILES string of the molecule is OCCc1ccc(Cc2cn([C@@H]3O[C@H](CO)[C@@H](O)[C@H](O)[C@H]3O)c3c(Cl)ccc(F)c23)cc1. The predicted molar refractivity (Wildman–Crippen MR) is 116 cm³/mol. The first kappa shape index (κ1) is 23.1. The van der Waals surface area contributed by atoms with Gasteiger partial charge in [-0.1, -0.05) is 35.9 Å². The van der Waals surface area contributed by atoms with E-state index in [1.807, 2.05) is 24.3 Å². The number of fused-ring (bicyclic) bond motifs is 1. The average Bonchev–Trinajstić information content (AvgIpc) is 3.16. The molecule has 0 spiro atoms. The molecule has 4 rings (SSSR count). The highest BCUT2D eigenvalue weighted by molar-refractivity contribution is 6.35. The second kappa shape index (κ2) is 9.44. The van der Waals surface area contributed by atoms with E-state index in [2.05, 4.69) is 0 Å². The van der Waals surface area contributed by atoms with Crippen molar-refractivity contribution >= 4 is 22.5 Å². The predicted octanol–water partition coefficient (Wildman–Crippen LogP) is 1.53. The van der Waals surface area contributed by atoms with E-state index in [9.17, 15) is 24.8 Å². The maximum absolute atomic E-state index is 14.9. The number of hydrogen-bond acceptors (Lipinski definition) is 6. The van der Waals surface area contributed by atoms with Crippen molar-refractivity contribution in [3.63, 3.8) is 0 Å². The molecule has 1 saturated heterocycles. The standard InChI is InChI=1S/C23H25ClFNO6/c24-15-5-6-16(25)18-14(9-13-3-1-12(2-4-13)7-8-27)10-26(19(15)18)23-22(31)21(30)20(29)17(11-28)32-23/h1-6,10,17,20-23,27-31H,7-9,11H2/t17-,20-,21+,22-,23-/m1/s1. The lowest BCUT2D eigenvalue weighted by atomic mass is 9.98. The molecule has 0 amide bonds. The topological polar surface area (TPSA) is 115 Å². The number of aliphatic hydroxyl groups excluding tert-OH is 5. The van der Waals surface area contributed by atoms with Crippen molar-refractivity contribution in [2.75, 3.05) is 13.2 Å². The molecule has 5 atom stereocenters. The van der Waals surface area contributed by atoms with Gasteiger partial charge in [-0.05, 0) is 41.7 Å². The summed E-state index contributed by atoms with van der Waals surface area (Å²) in [6, 6.07) is 10.2. The Morgan fingerprint density at radius 3 is 2.28 bits per heavy atom. The molecule has 1 aromatic heterocycles. The van der Waals surface area contributed by atoms with Crippen LogP contribution < -0.4 is 0 Å². The van der Waals surface area contributed by atoms with Gasteiger partial charge in [-0.2, -0.15) is 0 Å². The van der Waals surface area contributed by atoms with Crippen molar-refractivity contribution in [2.24, 2.45) is 0 Å². The van der Waals surface area contributed by atoms with Crippen LogP contribution in [0, 0.1) is 5.82 Å². The molecule has 2 heterocycles. The summed E-state index contributed by atoms with van der Waals surface area (Å²) in [6.07, 6.45) is -4.41. The molecular formula is C23H25ClFNO6. The highest BCUT2D eigenvalue weighted by Crippen LogP contribution is 2.37. The number of aliphatic hydroxyl groups is 5. The van der Waals surface area contributed by atoms with Crippen molar-refractivity contribution in [3.8, 4) is 0 Å². The molecule has 1 aliphatic heterocycles. The Bertz CT molecular complexity index is 1090. The van der Waals surface area contributed by atoms with Crippen LogP contribution in [0.4, 0.5) is 4.39 Å². The minimum absolute atomic E-state index is 0.0512. The number of aromatic nitrogens is 1. The normalized spacial score (nSPS) is 26.0. The van der Waals surface area contributed by atoms with Crippen LogP contribution in [0.25, 0.3) is 10.9 Å². The van der Waals surface area contributed by atoms with Gasteiger partial charge in [0.05, 0.1) is 17.1 Å². The summed E-state index contributed by atoms with van der Waals surface area (Å²) in [5.41, 5.74) is 2.75. The molecule has 2 aromatic carbocycles. The highest BCUT2D eigenvalue weighted by Gasteiger charge is 2.44. The van der Waals surface area contributed by atoms with Gasteiger partial charge < -0.3 is 34.8 Å². The zero-order valence-electron chi connectivity index (χ0n) is 17.1. The molecule has 5 N–H and O–H groups in total. The summed E-state index contributed by atoms with van der Waals surface area (Å²) >= 11 is 6.40. The van der Waals surface area contributed by atoms with E-state index in [0.717, 1.165) is 11.1 Å². The maximum Gasteiger partial charge on any atom is 0.163 e. The van der Waals surface area contributed by atoms with Crippen molar-refractivity contribution in [1.29, 1.82) is 0 Å². The number of ether oxygens (including phenoxy) is 1. The van der Waals surface area contributed by atoms with Gasteiger partial charge in [-0.15, -0.1) is 0 Å². The zero-order valence-corrected chi connectivity index (χ0v) is 17.9. The molecule has 0 radical (unpaired) electrons. The lowest BCUT2D eigenvalue weighted by molar-refractivity contribution is -0.250. The molecule has 1 aliphatic rings. The fourth-order valence-corrected chi connectivity index (χ4v) is 4.47. The van der Waals surface area contributed by atoms with Crippen molar-refractivity contribution in [2.45, 2.75) is 43.5 Å². The number of rotatable bonds is 6. The molecule has 7 nitrogen and oxygen atoms in total. The Kier molecular flexibility index (Phi) is 6.83. The first-order valence-corrected chi connectivity index (χ1v) is 10.7. The maximum atomic E-state index is 14.9. The van der Waals surface area contributed by atoms with Gasteiger partial charge in [0.15, 0.2) is 6.23 Å². The molecule has 3 aromatic rings. The summed E-state index contributed by atoms with van der Waals surface area (Å²) in [6.45, 7) is -0.522. The Balaban J connectivity index is 1.78. The van der Waals surface area contributed by atoms with E-state index in [4.69, 9.17) is 21.4 Å². The number of hydrogen-bond donors (Lipinski definition) is 5. The molecule has 1 fully saturated rings. The van der Waals surface area contributed by atoms with E-state index < -0.39 is 43.1 Å². The van der Waals surface area contributed by atoms with Gasteiger partial charge >= 0.3 is 0 Å². The Morgan fingerprint density at radius 1 is 0.938 bits per heavy atom. The minimum atomic E-state index is -1.57. The van der Waals surface area contributed by atoms with Crippen LogP contribution in [0.5, 0.6) is 0 Å². The van der Waals surface area contributed by atoms with Gasteiger partial charge in [-0.3, -0.25) is 0 Å². The second-order valence-electron chi connectivity index (χ2n) is 8.00. The van der Waals surface area contributed by atoms with Crippen LogP contribution >= 0.6 is 11.6 Å². The fraction of sp³-hybridized carbons (Fsp3) is 0.391. The third kappa shape index (κ3) is 4.15. The lowest BCUT2D eigenvalue weighted by Gasteiger charge is -2.40. The van der Waals surface area contributed by atoms with Crippen LogP contribution in [0.2, 0.25) is 5.02 Å². The van der Waals surface area contributed by atoms with E-state index >= 15 is 0 Å². The zero-order chi connectivity index (χ0) is 23.0. The van der Waals surface area contributed by atoms with Crippen LogP contribution in [-0.2, 0) is 17.6 Å². The Hall–Kier alpha value is -2.04. The summed E-state index contributed by atoms with van der Waals surface area (Å²) in [4.78, 5) is 0. The fourth-order valence-electron chi connectivity index (χ4n) is 4.22. The summed E-state index contributed by atoms with van der Waals surface area (Å²) in [7, 11) is 0. The molecule has 0 aliphatic carbocycles. The smallest absolute Gasteiger partial charge is 0.163 e. The summed E-state index contributed by atoms with van der Waals surface area (Å²) < 4.78 is 22.0. The first-order chi connectivity index (χ1) is 15.3. The highest BCUT2D eigenvalue weighted by atomic mass is 35.5. The third-order valence-corrected chi connectivity index (χ3v) is 6.22. The van der Waals surface area contributed by atoms with Gasteiger partial charge in [0.25, 0.3) is 0 Å². The van der Waals surface area contributed by atoms with Crippen LogP contribution in [0.15, 0.2) is 42.6 Å². The Morgan fingerprint density at radius 2 is 1.62 bits per heavy atom. The van der Waals surface area contributed by atoms with Crippen molar-refractivity contribution < 1.29 is 34.7 Å². The van der Waals surface area contributed by atoms with Gasteiger partial charge in [0.2, 0.25) is 0 Å². The molecule has 9 heteroatoms. The number of nitrogens with zero attached hydrogens (tertiary/aromatic N) is 1. The van der Waals surface area contributed by atoms with Crippen molar-refractivity contribution in [1.82, 2.24) is 4.57 Å².